The third-order valence-corrected chi connectivity index (χ3v) is 3.99. The lowest BCUT2D eigenvalue weighted by Gasteiger charge is -2.14. The minimum absolute atomic E-state index is 0.211. The van der Waals surface area contributed by atoms with Crippen molar-refractivity contribution < 1.29 is 13.2 Å². The Morgan fingerprint density at radius 1 is 1.28 bits per heavy atom. The van der Waals surface area contributed by atoms with Gasteiger partial charge in [0.15, 0.2) is 0 Å². The van der Waals surface area contributed by atoms with Crippen LogP contribution in [0.1, 0.15) is 25.0 Å². The quantitative estimate of drug-likeness (QED) is 0.893. The lowest BCUT2D eigenvalue weighted by atomic mass is 10.1. The van der Waals surface area contributed by atoms with Crippen LogP contribution in [0.3, 0.4) is 0 Å². The van der Waals surface area contributed by atoms with Gasteiger partial charge in [0.1, 0.15) is 10.6 Å². The number of nitrogens with one attached hydrogen (secondary N) is 1. The van der Waals surface area contributed by atoms with E-state index in [4.69, 9.17) is 4.74 Å². The first kappa shape index (κ1) is 15.0. The summed E-state index contributed by atoms with van der Waals surface area (Å²) in [7, 11) is -2.03. The van der Waals surface area contributed by atoms with Crippen LogP contribution in [-0.4, -0.2) is 22.1 Å². The van der Waals surface area contributed by atoms with Crippen molar-refractivity contribution in [2.45, 2.75) is 32.6 Å². The second kappa shape index (κ2) is 5.71. The van der Waals surface area contributed by atoms with Crippen molar-refractivity contribution in [3.8, 4) is 5.75 Å². The van der Waals surface area contributed by atoms with Crippen LogP contribution in [-0.2, 0) is 10.0 Å². The number of ether oxygens (including phenoxy) is 1. The van der Waals surface area contributed by atoms with Gasteiger partial charge in [0.2, 0.25) is 10.0 Å². The van der Waals surface area contributed by atoms with E-state index in [1.807, 2.05) is 33.8 Å². The second-order valence-electron chi connectivity index (χ2n) is 4.86. The molecule has 0 aromatic heterocycles. The predicted octanol–water partition coefficient (Wildman–Crippen LogP) is 2.25. The molecule has 0 unspecified atom stereocenters. The first-order valence-corrected chi connectivity index (χ1v) is 7.41. The standard InChI is InChI=1S/C13H21NO3S/c1-9(2)8-14-18(15,16)12-7-10(3)6-11(4)13(12)17-5/h6-7,9,14H,8H2,1-5H3. The fourth-order valence-electron chi connectivity index (χ4n) is 1.73. The van der Waals surface area contributed by atoms with E-state index >= 15 is 0 Å². The zero-order valence-corrected chi connectivity index (χ0v) is 12.4. The summed E-state index contributed by atoms with van der Waals surface area (Å²) in [6.07, 6.45) is 0. The summed E-state index contributed by atoms with van der Waals surface area (Å²) in [4.78, 5) is 0.211. The van der Waals surface area contributed by atoms with Gasteiger partial charge in [-0.25, -0.2) is 13.1 Å². The summed E-state index contributed by atoms with van der Waals surface area (Å²) in [5.74, 6) is 0.675. The summed E-state index contributed by atoms with van der Waals surface area (Å²) in [5.41, 5.74) is 1.72. The monoisotopic (exact) mass is 271 g/mol. The Labute approximate surface area is 109 Å². The molecule has 0 radical (unpaired) electrons. The Morgan fingerprint density at radius 2 is 1.89 bits per heavy atom. The van der Waals surface area contributed by atoms with Gasteiger partial charge in [0.25, 0.3) is 0 Å². The van der Waals surface area contributed by atoms with E-state index in [2.05, 4.69) is 4.72 Å². The van der Waals surface area contributed by atoms with E-state index in [1.54, 1.807) is 6.07 Å². The van der Waals surface area contributed by atoms with Crippen LogP contribution in [0, 0.1) is 19.8 Å². The molecule has 0 spiro atoms. The lowest BCUT2D eigenvalue weighted by Crippen LogP contribution is -2.28. The number of rotatable bonds is 5. The lowest BCUT2D eigenvalue weighted by molar-refractivity contribution is 0.398. The van der Waals surface area contributed by atoms with Crippen molar-refractivity contribution in [1.82, 2.24) is 4.72 Å². The van der Waals surface area contributed by atoms with E-state index in [0.29, 0.717) is 12.3 Å². The van der Waals surface area contributed by atoms with Gasteiger partial charge < -0.3 is 4.74 Å². The van der Waals surface area contributed by atoms with Gasteiger partial charge in [-0.1, -0.05) is 19.9 Å². The molecule has 0 fully saturated rings. The van der Waals surface area contributed by atoms with Gasteiger partial charge in [0.05, 0.1) is 7.11 Å². The van der Waals surface area contributed by atoms with E-state index in [9.17, 15) is 8.42 Å². The first-order chi connectivity index (χ1) is 8.27. The molecule has 0 saturated carbocycles. The number of methoxy groups -OCH3 is 1. The van der Waals surface area contributed by atoms with Gasteiger partial charge in [-0.15, -0.1) is 0 Å². The average molecular weight is 271 g/mol. The first-order valence-electron chi connectivity index (χ1n) is 5.93. The van der Waals surface area contributed by atoms with Crippen molar-refractivity contribution in [2.75, 3.05) is 13.7 Å². The molecule has 0 aliphatic rings. The van der Waals surface area contributed by atoms with E-state index in [0.717, 1.165) is 11.1 Å². The molecule has 102 valence electrons. The summed E-state index contributed by atoms with van der Waals surface area (Å²) >= 11 is 0. The summed E-state index contributed by atoms with van der Waals surface area (Å²) in [5, 5.41) is 0. The van der Waals surface area contributed by atoms with Gasteiger partial charge >= 0.3 is 0 Å². The molecule has 0 aliphatic heterocycles. The van der Waals surface area contributed by atoms with Crippen LogP contribution in [0.15, 0.2) is 17.0 Å². The molecule has 0 heterocycles. The topological polar surface area (TPSA) is 55.4 Å². The van der Waals surface area contributed by atoms with Crippen LogP contribution >= 0.6 is 0 Å². The highest BCUT2D eigenvalue weighted by atomic mass is 32.2. The highest BCUT2D eigenvalue weighted by Crippen LogP contribution is 2.28. The van der Waals surface area contributed by atoms with Crippen molar-refractivity contribution >= 4 is 10.0 Å². The normalized spacial score (nSPS) is 11.9. The number of benzene rings is 1. The zero-order valence-electron chi connectivity index (χ0n) is 11.6. The van der Waals surface area contributed by atoms with Crippen LogP contribution < -0.4 is 9.46 Å². The number of hydrogen-bond acceptors (Lipinski definition) is 3. The minimum atomic E-state index is -3.52. The van der Waals surface area contributed by atoms with E-state index in [1.165, 1.54) is 7.11 Å². The highest BCUT2D eigenvalue weighted by molar-refractivity contribution is 7.89. The zero-order chi connectivity index (χ0) is 13.9. The number of sulfonamides is 1. The summed E-state index contributed by atoms with van der Waals surface area (Å²) in [6, 6.07) is 3.54. The molecule has 5 heteroatoms. The fourth-order valence-corrected chi connectivity index (χ4v) is 3.27. The largest absolute Gasteiger partial charge is 0.495 e. The molecular formula is C13H21NO3S. The Morgan fingerprint density at radius 3 is 2.39 bits per heavy atom. The summed E-state index contributed by atoms with van der Waals surface area (Å²) < 4.78 is 32.3. The van der Waals surface area contributed by atoms with Crippen LogP contribution in [0.25, 0.3) is 0 Å². The molecule has 0 saturated heterocycles. The van der Waals surface area contributed by atoms with Crippen molar-refractivity contribution in [3.05, 3.63) is 23.3 Å². The fraction of sp³-hybridized carbons (Fsp3) is 0.538. The molecule has 0 atom stereocenters. The Kier molecular flexibility index (Phi) is 4.76. The Hall–Kier alpha value is -1.07. The second-order valence-corrected chi connectivity index (χ2v) is 6.59. The van der Waals surface area contributed by atoms with E-state index < -0.39 is 10.0 Å². The molecule has 1 rings (SSSR count). The van der Waals surface area contributed by atoms with Crippen LogP contribution in [0.2, 0.25) is 0 Å². The predicted molar refractivity (Wildman–Crippen MR) is 72.5 cm³/mol. The van der Waals surface area contributed by atoms with Gasteiger partial charge in [-0.3, -0.25) is 0 Å². The molecular weight excluding hydrogens is 250 g/mol. The highest BCUT2D eigenvalue weighted by Gasteiger charge is 2.21. The van der Waals surface area contributed by atoms with Crippen LogP contribution in [0.5, 0.6) is 5.75 Å². The maximum absolute atomic E-state index is 12.2. The Balaban J connectivity index is 3.23. The van der Waals surface area contributed by atoms with E-state index in [-0.39, 0.29) is 10.8 Å². The molecule has 1 aromatic rings. The third kappa shape index (κ3) is 3.46. The molecule has 1 aromatic carbocycles. The molecule has 1 N–H and O–H groups in total. The van der Waals surface area contributed by atoms with Gasteiger partial charge in [0, 0.05) is 6.54 Å². The maximum Gasteiger partial charge on any atom is 0.244 e. The molecule has 18 heavy (non-hydrogen) atoms. The number of aryl methyl sites for hydroxylation is 2. The molecule has 4 nitrogen and oxygen atoms in total. The third-order valence-electron chi connectivity index (χ3n) is 2.56. The summed E-state index contributed by atoms with van der Waals surface area (Å²) in [6.45, 7) is 8.04. The smallest absolute Gasteiger partial charge is 0.244 e. The van der Waals surface area contributed by atoms with Gasteiger partial charge in [-0.2, -0.15) is 0 Å². The number of hydrogen-bond donors (Lipinski definition) is 1. The minimum Gasteiger partial charge on any atom is -0.495 e. The molecule has 0 aliphatic carbocycles. The van der Waals surface area contributed by atoms with Gasteiger partial charge in [-0.05, 0) is 37.0 Å². The van der Waals surface area contributed by atoms with Crippen molar-refractivity contribution in [1.29, 1.82) is 0 Å². The van der Waals surface area contributed by atoms with Crippen molar-refractivity contribution in [3.63, 3.8) is 0 Å². The SMILES string of the molecule is COc1c(C)cc(C)cc1S(=O)(=O)NCC(C)C. The maximum atomic E-state index is 12.2. The molecule has 0 amide bonds. The van der Waals surface area contributed by atoms with Crippen molar-refractivity contribution in [2.24, 2.45) is 5.92 Å². The average Bonchev–Trinajstić information content (AvgIpc) is 2.25. The van der Waals surface area contributed by atoms with Crippen LogP contribution in [0.4, 0.5) is 0 Å². The molecule has 0 bridgehead atoms. The Bertz CT molecular complexity index is 521.